The van der Waals surface area contributed by atoms with E-state index in [1.807, 2.05) is 56.4 Å². The smallest absolute Gasteiger partial charge is 0.355 e. The number of hydrogen-bond acceptors (Lipinski definition) is 10. The maximum Gasteiger partial charge on any atom is 0.355 e. The summed E-state index contributed by atoms with van der Waals surface area (Å²) in [4.78, 5) is 37.1. The van der Waals surface area contributed by atoms with Gasteiger partial charge in [-0.3, -0.25) is 9.69 Å². The number of halogens is 1. The lowest BCUT2D eigenvalue weighted by atomic mass is 9.86. The zero-order valence-electron chi connectivity index (χ0n) is 29.5. The number of carbonyl (C=O) groups excluding carboxylic acids is 1. The van der Waals surface area contributed by atoms with Crippen molar-refractivity contribution < 1.29 is 23.8 Å². The quantitative estimate of drug-likeness (QED) is 0.0803. The summed E-state index contributed by atoms with van der Waals surface area (Å²) in [6.45, 7) is 6.30. The average molecular weight is 728 g/mol. The van der Waals surface area contributed by atoms with Gasteiger partial charge in [0.2, 0.25) is 0 Å². The molecule has 0 radical (unpaired) electrons. The molecular weight excluding hydrogens is 686 g/mol. The maximum atomic E-state index is 14.5. The summed E-state index contributed by atoms with van der Waals surface area (Å²) in [5.74, 6) is 4.83. The third-order valence-corrected chi connectivity index (χ3v) is 10.5. The van der Waals surface area contributed by atoms with Crippen LogP contribution in [0.4, 0.5) is 14.7 Å². The van der Waals surface area contributed by atoms with Gasteiger partial charge < -0.3 is 20.1 Å². The van der Waals surface area contributed by atoms with Crippen molar-refractivity contribution in [3.63, 3.8) is 0 Å². The van der Waals surface area contributed by atoms with Crippen molar-refractivity contribution in [2.24, 2.45) is 0 Å². The number of aromatic nitrogens is 2. The highest BCUT2D eigenvalue weighted by Crippen LogP contribution is 2.35. The van der Waals surface area contributed by atoms with Gasteiger partial charge in [-0.25, -0.2) is 19.2 Å². The number of aryl methyl sites for hydroxylation is 1. The maximum absolute atomic E-state index is 14.5. The normalized spacial score (nSPS) is 12.2. The zero-order valence-corrected chi connectivity index (χ0v) is 31.1. The number of aromatic carboxylic acids is 1. The van der Waals surface area contributed by atoms with Crippen LogP contribution in [-0.4, -0.2) is 73.1 Å². The second kappa shape index (κ2) is 17.4. The van der Waals surface area contributed by atoms with Gasteiger partial charge in [-0.2, -0.15) is 0 Å². The lowest BCUT2D eigenvalue weighted by Crippen LogP contribution is -2.32. The molecule has 0 spiro atoms. The molecule has 51 heavy (non-hydrogen) atoms. The molecule has 0 saturated heterocycles. The van der Waals surface area contributed by atoms with E-state index in [2.05, 4.69) is 51.9 Å². The summed E-state index contributed by atoms with van der Waals surface area (Å²) in [5.41, 5.74) is 5.80. The number of nitrogens with zero attached hydrogens (tertiary/aromatic N) is 4. The first-order valence-electron chi connectivity index (χ1n) is 16.7. The Hall–Kier alpha value is -4.83. The van der Waals surface area contributed by atoms with Crippen LogP contribution >= 0.6 is 22.7 Å². The van der Waals surface area contributed by atoms with Crippen molar-refractivity contribution in [1.29, 1.82) is 0 Å². The van der Waals surface area contributed by atoms with E-state index >= 15 is 0 Å². The number of carboxylic acids is 1. The fourth-order valence-electron chi connectivity index (χ4n) is 5.74. The Kier molecular flexibility index (Phi) is 12.8. The summed E-state index contributed by atoms with van der Waals surface area (Å²) >= 11 is 3.03. The number of aldehydes is 1. The molecular formula is C39H42FN5O4S2. The van der Waals surface area contributed by atoms with Crippen LogP contribution in [0.5, 0.6) is 5.75 Å². The minimum Gasteiger partial charge on any atom is -0.491 e. The summed E-state index contributed by atoms with van der Waals surface area (Å²) < 4.78 is 21.3. The fourth-order valence-corrected chi connectivity index (χ4v) is 7.68. The molecule has 2 aromatic heterocycles. The number of carboxylic acid groups (broad SMARTS) is 1. The Morgan fingerprint density at radius 1 is 1.14 bits per heavy atom. The van der Waals surface area contributed by atoms with Crippen molar-refractivity contribution in [2.75, 3.05) is 51.1 Å². The van der Waals surface area contributed by atoms with E-state index in [1.54, 1.807) is 23.5 Å². The first-order valence-corrected chi connectivity index (χ1v) is 18.4. The first kappa shape index (κ1) is 37.4. The van der Waals surface area contributed by atoms with Crippen LogP contribution in [-0.2, 0) is 19.4 Å². The minimum atomic E-state index is -1.08. The van der Waals surface area contributed by atoms with Gasteiger partial charge in [0.15, 0.2) is 27.5 Å². The number of anilines is 2. The van der Waals surface area contributed by atoms with Crippen molar-refractivity contribution in [3.8, 4) is 17.6 Å². The van der Waals surface area contributed by atoms with Crippen LogP contribution in [0.3, 0.4) is 0 Å². The van der Waals surface area contributed by atoms with Crippen molar-refractivity contribution in [2.45, 2.75) is 45.6 Å². The number of hydrogen-bond donors (Lipinski definition) is 2. The van der Waals surface area contributed by atoms with E-state index in [1.165, 1.54) is 33.2 Å². The number of ether oxygens (including phenoxy) is 1. The second-order valence-corrected chi connectivity index (χ2v) is 14.7. The Morgan fingerprint density at radius 3 is 2.63 bits per heavy atom. The van der Waals surface area contributed by atoms with Crippen LogP contribution in [0.15, 0.2) is 54.6 Å². The topological polar surface area (TPSA) is 108 Å². The lowest BCUT2D eigenvalue weighted by Gasteiger charge is -2.31. The first-order chi connectivity index (χ1) is 24.6. The molecule has 0 saturated carbocycles. The largest absolute Gasteiger partial charge is 0.491 e. The van der Waals surface area contributed by atoms with Crippen LogP contribution in [0.1, 0.15) is 74.2 Å². The number of rotatable bonds is 11. The molecule has 2 N–H and O–H groups in total. The van der Waals surface area contributed by atoms with E-state index in [0.717, 1.165) is 28.9 Å². The van der Waals surface area contributed by atoms with Crippen LogP contribution in [0.25, 0.3) is 10.2 Å². The molecule has 0 unspecified atom stereocenters. The van der Waals surface area contributed by atoms with Crippen LogP contribution in [0, 0.1) is 17.7 Å². The highest BCUT2D eigenvalue weighted by Gasteiger charge is 2.27. The Labute approximate surface area is 306 Å². The van der Waals surface area contributed by atoms with E-state index in [4.69, 9.17) is 4.74 Å². The van der Waals surface area contributed by atoms with Gasteiger partial charge >= 0.3 is 5.97 Å². The second-order valence-electron chi connectivity index (χ2n) is 12.6. The SMILES string of the molecule is CC(C)c1ccc(C=O)c2c1CCN(c1nc(C(=O)O)c(CCCOc3ccc(C#CCN(C)C)cc3F)s1)C2.CNc1nc2ccccc2s1. The molecule has 1 aliphatic rings. The predicted octanol–water partition coefficient (Wildman–Crippen LogP) is 7.74. The van der Waals surface area contributed by atoms with E-state index in [-0.39, 0.29) is 18.1 Å². The van der Waals surface area contributed by atoms with Gasteiger partial charge in [0.25, 0.3) is 0 Å². The van der Waals surface area contributed by atoms with Crippen LogP contribution < -0.4 is 15.0 Å². The fraction of sp³-hybridized carbons (Fsp3) is 0.333. The third-order valence-electron chi connectivity index (χ3n) is 8.27. The molecule has 6 rings (SSSR count). The molecule has 9 nitrogen and oxygen atoms in total. The molecule has 0 amide bonds. The summed E-state index contributed by atoms with van der Waals surface area (Å²) in [7, 11) is 5.72. The van der Waals surface area contributed by atoms with Crippen molar-refractivity contribution in [3.05, 3.63) is 98.8 Å². The third kappa shape index (κ3) is 9.49. The van der Waals surface area contributed by atoms with Gasteiger partial charge in [-0.1, -0.05) is 61.3 Å². The average Bonchev–Trinajstić information content (AvgIpc) is 3.75. The lowest BCUT2D eigenvalue weighted by molar-refractivity contribution is 0.0690. The van der Waals surface area contributed by atoms with E-state index in [0.29, 0.717) is 59.5 Å². The molecule has 0 atom stereocenters. The van der Waals surface area contributed by atoms with Gasteiger partial charge in [-0.05, 0) is 86.3 Å². The molecule has 0 fully saturated rings. The summed E-state index contributed by atoms with van der Waals surface area (Å²) in [5, 5.41) is 14.4. The van der Waals surface area contributed by atoms with E-state index in [9.17, 15) is 19.1 Å². The highest BCUT2D eigenvalue weighted by atomic mass is 32.1. The van der Waals surface area contributed by atoms with Crippen LogP contribution in [0.2, 0.25) is 0 Å². The molecule has 0 bridgehead atoms. The van der Waals surface area contributed by atoms with Crippen molar-refractivity contribution >= 4 is 55.4 Å². The molecule has 5 aromatic rings. The monoisotopic (exact) mass is 727 g/mol. The highest BCUT2D eigenvalue weighted by molar-refractivity contribution is 7.22. The number of para-hydroxylation sites is 1. The molecule has 1 aliphatic heterocycles. The predicted molar refractivity (Wildman–Crippen MR) is 205 cm³/mol. The Morgan fingerprint density at radius 2 is 1.94 bits per heavy atom. The number of carbonyl (C=O) groups is 2. The Balaban J connectivity index is 0.000000386. The molecule has 12 heteroatoms. The van der Waals surface area contributed by atoms with Crippen molar-refractivity contribution in [1.82, 2.24) is 14.9 Å². The number of thiazole rings is 2. The summed E-state index contributed by atoms with van der Waals surface area (Å²) in [6, 6.07) is 16.7. The molecule has 266 valence electrons. The molecule has 3 heterocycles. The number of fused-ring (bicyclic) bond motifs is 2. The number of benzene rings is 3. The number of nitrogens with one attached hydrogen (secondary N) is 1. The zero-order chi connectivity index (χ0) is 36.5. The Bertz CT molecular complexity index is 2030. The van der Waals surface area contributed by atoms with Gasteiger partial charge in [0.1, 0.15) is 6.29 Å². The van der Waals surface area contributed by atoms with E-state index < -0.39 is 11.8 Å². The molecule has 3 aromatic carbocycles. The standard InChI is InChI=1S/C31H34FN3O4S.C8H8N2S/c1-20(2)23-11-10-22(19-36)25-18-35(15-13-24(23)25)31-33-29(30(37)38)28(40-31)8-6-16-39-27-12-9-21(17-26(27)32)7-5-14-34(3)4;1-9-8-10-6-4-2-3-5-7(6)11-8/h9-12,17,19-20H,6,8,13-16,18H2,1-4H3,(H,37,38);2-5H,1H3,(H,9,10). The van der Waals surface area contributed by atoms with Gasteiger partial charge in [-0.15, -0.1) is 11.3 Å². The minimum absolute atomic E-state index is 0.0316. The molecule has 0 aliphatic carbocycles. The van der Waals surface area contributed by atoms with Gasteiger partial charge in [0, 0.05) is 36.1 Å². The summed E-state index contributed by atoms with van der Waals surface area (Å²) in [6.07, 6.45) is 2.59. The van der Waals surface area contributed by atoms with Gasteiger partial charge in [0.05, 0.1) is 23.4 Å².